The van der Waals surface area contributed by atoms with Crippen molar-refractivity contribution >= 4 is 19.7 Å². The van der Waals surface area contributed by atoms with Crippen LogP contribution in [0.5, 0.6) is 0 Å². The first-order valence-corrected chi connectivity index (χ1v) is 41.8. The summed E-state index contributed by atoms with van der Waals surface area (Å²) in [6.45, 7) is 6.91. The van der Waals surface area contributed by atoms with E-state index >= 15 is 0 Å². The number of carbonyl (C=O) groups is 2. The van der Waals surface area contributed by atoms with Gasteiger partial charge in [-0.05, 0) is 63.9 Å². The molecule has 0 saturated heterocycles. The van der Waals surface area contributed by atoms with Gasteiger partial charge in [-0.15, -0.1) is 0 Å². The molecule has 0 aromatic heterocycles. The minimum atomic E-state index is -4.71. The maximum atomic E-state index is 13.7. The van der Waals surface area contributed by atoms with E-state index < -0.39 is 20.0 Å². The molecule has 538 valence electrons. The lowest BCUT2D eigenvalue weighted by Gasteiger charge is -2.30. The number of phosphoric acid groups is 1. The van der Waals surface area contributed by atoms with E-state index in [9.17, 15) is 19.0 Å². The van der Waals surface area contributed by atoms with Crippen LogP contribution in [0.25, 0.3) is 0 Å². The highest BCUT2D eigenvalue weighted by Gasteiger charge is 2.27. The van der Waals surface area contributed by atoms with Crippen LogP contribution in [0.2, 0.25) is 0 Å². The molecule has 0 aliphatic heterocycles. The Kier molecular flexibility index (Phi) is 69.6. The number of esters is 1. The molecule has 0 fully saturated rings. The van der Waals surface area contributed by atoms with E-state index in [1.165, 1.54) is 321 Å². The number of hydrogen-bond donors (Lipinski definition) is 1. The summed E-state index contributed by atoms with van der Waals surface area (Å²) in [6, 6.07) is -0.886. The smallest absolute Gasteiger partial charge is 0.306 e. The zero-order chi connectivity index (χ0) is 66.3. The summed E-state index contributed by atoms with van der Waals surface area (Å²) in [5.74, 6) is -0.514. The van der Waals surface area contributed by atoms with Crippen LogP contribution in [0, 0.1) is 0 Å². The predicted octanol–water partition coefficient (Wildman–Crippen LogP) is 25.5. The molecule has 3 atom stereocenters. The molecule has 9 nitrogen and oxygen atoms in total. The summed E-state index contributed by atoms with van der Waals surface area (Å²) in [7, 11) is 1.21. The largest absolute Gasteiger partial charge is 0.756 e. The van der Waals surface area contributed by atoms with Gasteiger partial charge in [-0.3, -0.25) is 14.2 Å². The minimum absolute atomic E-state index is 0.0184. The number of rotatable bonds is 75. The molecule has 0 bridgehead atoms. The Hall–Kier alpha value is -1.77. The van der Waals surface area contributed by atoms with Crippen LogP contribution in [0.3, 0.4) is 0 Å². The number of hydrogen-bond acceptors (Lipinski definition) is 7. The third-order valence-electron chi connectivity index (χ3n) is 18.6. The number of quaternary nitrogens is 1. The number of unbranched alkanes of at least 4 members (excludes halogenated alkanes) is 55. The third-order valence-corrected chi connectivity index (χ3v) is 19.5. The average Bonchev–Trinajstić information content (AvgIpc) is 3.70. The van der Waals surface area contributed by atoms with Crippen LogP contribution in [0.1, 0.15) is 419 Å². The summed E-state index contributed by atoms with van der Waals surface area (Å²) in [6.07, 6.45) is 90.1. The molecule has 0 rings (SSSR count). The first-order chi connectivity index (χ1) is 44.4. The molecule has 0 aromatic carbocycles. The normalized spacial score (nSPS) is 13.5. The van der Waals surface area contributed by atoms with E-state index in [4.69, 9.17) is 13.8 Å². The predicted molar refractivity (Wildman–Crippen MR) is 395 cm³/mol. The van der Waals surface area contributed by atoms with Gasteiger partial charge in [-0.25, -0.2) is 0 Å². The molecule has 1 amide bonds. The highest BCUT2D eigenvalue weighted by atomic mass is 31.2. The lowest BCUT2D eigenvalue weighted by atomic mass is 10.0. The van der Waals surface area contributed by atoms with Crippen LogP contribution in [0.15, 0.2) is 36.5 Å². The summed E-state index contributed by atoms with van der Waals surface area (Å²) in [5.41, 5.74) is 0. The van der Waals surface area contributed by atoms with Gasteiger partial charge in [0.1, 0.15) is 19.3 Å². The second-order valence-corrected chi connectivity index (χ2v) is 30.3. The van der Waals surface area contributed by atoms with Crippen molar-refractivity contribution in [3.05, 3.63) is 36.5 Å². The van der Waals surface area contributed by atoms with E-state index in [0.717, 1.165) is 64.2 Å². The van der Waals surface area contributed by atoms with E-state index in [2.05, 4.69) is 50.4 Å². The molecule has 0 heterocycles. The average molecular weight is 1300 g/mol. The summed E-state index contributed by atoms with van der Waals surface area (Å²) in [4.78, 5) is 40.4. The second kappa shape index (κ2) is 71.0. The molecule has 0 radical (unpaired) electrons. The maximum Gasteiger partial charge on any atom is 0.306 e. The first kappa shape index (κ1) is 89.2. The molecule has 0 spiro atoms. The monoisotopic (exact) mass is 1300 g/mol. The number of allylic oxidation sites excluding steroid dienone is 5. The van der Waals surface area contributed by atoms with Gasteiger partial charge in [0.15, 0.2) is 0 Å². The van der Waals surface area contributed by atoms with Crippen molar-refractivity contribution in [2.24, 2.45) is 0 Å². The van der Waals surface area contributed by atoms with Gasteiger partial charge in [-0.1, -0.05) is 379 Å². The Bertz CT molecular complexity index is 1650. The number of phosphoric ester groups is 1. The standard InChI is InChI=1S/C81H157N2O7P/c1-7-10-13-16-19-22-25-28-30-32-34-36-38-40-41-43-44-46-48-50-52-55-58-61-64-67-70-73-80(84)82-78(77-89-91(86,87)88-76-75-83(4,5)6)79(72-69-66-63-60-57-54-27-24-21-18-15-12-9-3)90-81(85)74-71-68-65-62-59-56-53-51-49-47-45-42-39-37-35-33-31-29-26-23-20-17-14-11-8-2/h20,23,29,31,69,72,78-79H,7-19,21-22,24-28,30,32-68,70-71,73-77H2,1-6H3,(H-,82,84,86,87)/b23-20-,31-29-,72-69+. The molecule has 3 unspecified atom stereocenters. The van der Waals surface area contributed by atoms with E-state index in [1.54, 1.807) is 0 Å². The Morgan fingerprint density at radius 2 is 0.670 bits per heavy atom. The molecular formula is C81H157N2O7P. The van der Waals surface area contributed by atoms with Gasteiger partial charge >= 0.3 is 5.97 Å². The van der Waals surface area contributed by atoms with Crippen molar-refractivity contribution in [2.75, 3.05) is 40.9 Å². The zero-order valence-electron chi connectivity index (χ0n) is 61.8. The molecule has 0 aliphatic carbocycles. The summed E-state index contributed by atoms with van der Waals surface area (Å²) >= 11 is 0. The Morgan fingerprint density at radius 1 is 0.385 bits per heavy atom. The Morgan fingerprint density at radius 3 is 1.01 bits per heavy atom. The van der Waals surface area contributed by atoms with Crippen LogP contribution in [0.4, 0.5) is 0 Å². The molecule has 0 aromatic rings. The van der Waals surface area contributed by atoms with E-state index in [0.29, 0.717) is 17.4 Å². The Balaban J connectivity index is 4.91. The van der Waals surface area contributed by atoms with Crippen molar-refractivity contribution < 1.29 is 37.3 Å². The maximum absolute atomic E-state index is 13.7. The van der Waals surface area contributed by atoms with Gasteiger partial charge in [0.05, 0.1) is 33.8 Å². The number of amides is 1. The van der Waals surface area contributed by atoms with Gasteiger partial charge in [-0.2, -0.15) is 0 Å². The van der Waals surface area contributed by atoms with Crippen molar-refractivity contribution in [1.29, 1.82) is 0 Å². The Labute approximate surface area is 567 Å². The summed E-state index contributed by atoms with van der Waals surface area (Å²) in [5, 5.41) is 3.06. The first-order valence-electron chi connectivity index (χ1n) is 40.3. The van der Waals surface area contributed by atoms with Gasteiger partial charge in [0.25, 0.3) is 7.82 Å². The lowest BCUT2D eigenvalue weighted by Crippen LogP contribution is -2.47. The lowest BCUT2D eigenvalue weighted by molar-refractivity contribution is -0.870. The number of nitrogens with one attached hydrogen (secondary N) is 1. The van der Waals surface area contributed by atoms with E-state index in [-0.39, 0.29) is 31.5 Å². The highest BCUT2D eigenvalue weighted by molar-refractivity contribution is 7.45. The number of ether oxygens (including phenoxy) is 1. The quantitative estimate of drug-likeness (QED) is 0.0212. The van der Waals surface area contributed by atoms with Crippen LogP contribution in [-0.2, 0) is 27.9 Å². The van der Waals surface area contributed by atoms with Crippen LogP contribution >= 0.6 is 7.82 Å². The molecule has 0 aliphatic rings. The van der Waals surface area contributed by atoms with E-state index in [1.807, 2.05) is 33.3 Å². The zero-order valence-corrected chi connectivity index (χ0v) is 62.7. The number of nitrogens with zero attached hydrogens (tertiary/aromatic N) is 1. The van der Waals surface area contributed by atoms with Crippen molar-refractivity contribution in [2.45, 2.75) is 431 Å². The minimum Gasteiger partial charge on any atom is -0.756 e. The molecular weight excluding hydrogens is 1140 g/mol. The van der Waals surface area contributed by atoms with Crippen molar-refractivity contribution in [3.63, 3.8) is 0 Å². The summed E-state index contributed by atoms with van der Waals surface area (Å²) < 4.78 is 30.6. The highest BCUT2D eigenvalue weighted by Crippen LogP contribution is 2.38. The number of likely N-dealkylation sites (N-methyl/N-ethyl adjacent to an activating group) is 1. The van der Waals surface area contributed by atoms with Crippen LogP contribution < -0.4 is 10.2 Å². The molecule has 10 heteroatoms. The van der Waals surface area contributed by atoms with Crippen molar-refractivity contribution in [3.8, 4) is 0 Å². The van der Waals surface area contributed by atoms with Gasteiger partial charge in [0.2, 0.25) is 5.91 Å². The third kappa shape index (κ3) is 72.3. The topological polar surface area (TPSA) is 114 Å². The molecule has 91 heavy (non-hydrogen) atoms. The second-order valence-electron chi connectivity index (χ2n) is 28.9. The van der Waals surface area contributed by atoms with Gasteiger partial charge < -0.3 is 28.5 Å². The van der Waals surface area contributed by atoms with Gasteiger partial charge in [0, 0.05) is 12.8 Å². The number of carbonyl (C=O) groups excluding carboxylic acids is 2. The molecule has 0 saturated carbocycles. The fourth-order valence-corrected chi connectivity index (χ4v) is 13.1. The SMILES string of the molecule is CCCCC/C=C\C/C=C\CCCCCCCCCCCCCCCCCC(=O)OC(/C=C/CCCCCCCCCCCCC)C(COP(=O)([O-])OCC[N+](C)(C)C)NC(=O)CCCCCCCCCCCCCCCCCCCCCCCCCCCCC. The van der Waals surface area contributed by atoms with Crippen LogP contribution in [-0.4, -0.2) is 69.4 Å². The van der Waals surface area contributed by atoms with Crippen molar-refractivity contribution in [1.82, 2.24) is 5.32 Å². The fraction of sp³-hybridized carbons (Fsp3) is 0.901. The fourth-order valence-electron chi connectivity index (χ4n) is 12.4. The molecule has 1 N–H and O–H groups in total.